The van der Waals surface area contributed by atoms with E-state index in [0.29, 0.717) is 13.1 Å². The zero-order valence-electron chi connectivity index (χ0n) is 16.0. The molecule has 0 radical (unpaired) electrons. The molecule has 0 saturated carbocycles. The van der Waals surface area contributed by atoms with Crippen LogP contribution >= 0.6 is 0 Å². The fourth-order valence-electron chi connectivity index (χ4n) is 3.10. The largest absolute Gasteiger partial charge is 0.395 e. The first-order valence-corrected chi connectivity index (χ1v) is 9.36. The summed E-state index contributed by atoms with van der Waals surface area (Å²) in [6.07, 6.45) is 0. The Morgan fingerprint density at radius 2 is 1.36 bits per heavy atom. The first-order chi connectivity index (χ1) is 13.7. The van der Waals surface area contributed by atoms with Gasteiger partial charge in [0.05, 0.1) is 24.6 Å². The fourth-order valence-corrected chi connectivity index (χ4v) is 3.10. The van der Waals surface area contributed by atoms with Crippen LogP contribution in [0, 0.1) is 6.92 Å². The van der Waals surface area contributed by atoms with Crippen molar-refractivity contribution >= 4 is 17.1 Å². The third kappa shape index (κ3) is 5.03. The Bertz CT molecular complexity index is 903. The average molecular weight is 375 g/mol. The van der Waals surface area contributed by atoms with Crippen LogP contribution in [0.15, 0.2) is 83.0 Å². The van der Waals surface area contributed by atoms with Crippen molar-refractivity contribution in [3.05, 3.63) is 78.4 Å². The van der Waals surface area contributed by atoms with E-state index in [0.717, 1.165) is 33.8 Å². The van der Waals surface area contributed by atoms with Gasteiger partial charge in [-0.15, -0.1) is 0 Å². The van der Waals surface area contributed by atoms with Crippen LogP contribution < -0.4 is 4.90 Å². The highest BCUT2D eigenvalue weighted by molar-refractivity contribution is 5.71. The van der Waals surface area contributed by atoms with Crippen molar-refractivity contribution in [2.24, 2.45) is 10.2 Å². The molecule has 0 atom stereocenters. The van der Waals surface area contributed by atoms with E-state index in [-0.39, 0.29) is 13.2 Å². The first-order valence-electron chi connectivity index (χ1n) is 9.36. The zero-order valence-corrected chi connectivity index (χ0v) is 16.0. The van der Waals surface area contributed by atoms with Gasteiger partial charge < -0.3 is 15.1 Å². The van der Waals surface area contributed by atoms with Gasteiger partial charge in [0.25, 0.3) is 0 Å². The number of aliphatic hydroxyl groups is 2. The fraction of sp³-hybridized carbons (Fsp3) is 0.217. The van der Waals surface area contributed by atoms with Gasteiger partial charge in [0, 0.05) is 18.8 Å². The smallest absolute Gasteiger partial charge is 0.0857 e. The second kappa shape index (κ2) is 9.78. The zero-order chi connectivity index (χ0) is 19.8. The molecule has 0 saturated heterocycles. The number of hydrogen-bond acceptors (Lipinski definition) is 5. The molecule has 0 spiro atoms. The number of azo groups is 1. The van der Waals surface area contributed by atoms with Crippen molar-refractivity contribution in [1.29, 1.82) is 0 Å². The van der Waals surface area contributed by atoms with Crippen molar-refractivity contribution in [3.8, 4) is 11.1 Å². The van der Waals surface area contributed by atoms with Crippen molar-refractivity contribution in [3.63, 3.8) is 0 Å². The van der Waals surface area contributed by atoms with E-state index in [4.69, 9.17) is 0 Å². The summed E-state index contributed by atoms with van der Waals surface area (Å²) in [5, 5.41) is 27.0. The third-order valence-corrected chi connectivity index (χ3v) is 4.53. The standard InChI is InChI=1S/C23H25N3O2/c1-18-17-22(26(13-15-27)14-16-28)11-12-23(18)19-7-9-21(10-8-19)25-24-20-5-3-2-4-6-20/h2-12,17,27-28H,13-16H2,1H3/b25-24+. The van der Waals surface area contributed by atoms with Crippen molar-refractivity contribution < 1.29 is 10.2 Å². The lowest BCUT2D eigenvalue weighted by Gasteiger charge is -2.24. The molecule has 0 aliphatic heterocycles. The van der Waals surface area contributed by atoms with E-state index >= 15 is 0 Å². The summed E-state index contributed by atoms with van der Waals surface area (Å²) in [6, 6.07) is 23.8. The van der Waals surface area contributed by atoms with Gasteiger partial charge in [-0.05, 0) is 60.0 Å². The molecule has 0 aliphatic rings. The maximum atomic E-state index is 9.23. The third-order valence-electron chi connectivity index (χ3n) is 4.53. The quantitative estimate of drug-likeness (QED) is 0.552. The van der Waals surface area contributed by atoms with Crippen LogP contribution in [0.25, 0.3) is 11.1 Å². The van der Waals surface area contributed by atoms with Gasteiger partial charge in [0.2, 0.25) is 0 Å². The monoisotopic (exact) mass is 375 g/mol. The Labute approximate surface area is 165 Å². The topological polar surface area (TPSA) is 68.4 Å². The van der Waals surface area contributed by atoms with Crippen LogP contribution in [-0.4, -0.2) is 36.5 Å². The van der Waals surface area contributed by atoms with Crippen LogP contribution in [0.5, 0.6) is 0 Å². The lowest BCUT2D eigenvalue weighted by atomic mass is 9.99. The first kappa shape index (κ1) is 19.7. The van der Waals surface area contributed by atoms with Crippen molar-refractivity contribution in [1.82, 2.24) is 0 Å². The Morgan fingerprint density at radius 1 is 0.750 bits per heavy atom. The summed E-state index contributed by atoms with van der Waals surface area (Å²) in [5.41, 5.74) is 6.02. The summed E-state index contributed by atoms with van der Waals surface area (Å²) >= 11 is 0. The van der Waals surface area contributed by atoms with Crippen LogP contribution in [0.1, 0.15) is 5.56 Å². The minimum absolute atomic E-state index is 0.0554. The van der Waals surface area contributed by atoms with Crippen LogP contribution in [0.2, 0.25) is 0 Å². The number of aryl methyl sites for hydroxylation is 1. The Morgan fingerprint density at radius 3 is 1.93 bits per heavy atom. The van der Waals surface area contributed by atoms with Gasteiger partial charge in [-0.2, -0.15) is 10.2 Å². The molecular formula is C23H25N3O2. The lowest BCUT2D eigenvalue weighted by Crippen LogP contribution is -2.29. The molecule has 0 unspecified atom stereocenters. The maximum absolute atomic E-state index is 9.23. The normalized spacial score (nSPS) is 11.1. The highest BCUT2D eigenvalue weighted by Crippen LogP contribution is 2.29. The number of nitrogens with zero attached hydrogens (tertiary/aromatic N) is 3. The molecule has 0 amide bonds. The van der Waals surface area contributed by atoms with Crippen molar-refractivity contribution in [2.45, 2.75) is 6.92 Å². The molecule has 28 heavy (non-hydrogen) atoms. The number of rotatable bonds is 8. The van der Waals surface area contributed by atoms with Gasteiger partial charge >= 0.3 is 0 Å². The van der Waals surface area contributed by atoms with Gasteiger partial charge in [0.1, 0.15) is 0 Å². The van der Waals surface area contributed by atoms with E-state index in [9.17, 15) is 10.2 Å². The van der Waals surface area contributed by atoms with E-state index < -0.39 is 0 Å². The predicted octanol–water partition coefficient (Wildman–Crippen LogP) is 4.87. The van der Waals surface area contributed by atoms with Gasteiger partial charge in [-0.3, -0.25) is 0 Å². The SMILES string of the molecule is Cc1cc(N(CCO)CCO)ccc1-c1ccc(/N=N/c2ccccc2)cc1. The van der Waals surface area contributed by atoms with Gasteiger partial charge in [-0.25, -0.2) is 0 Å². The number of anilines is 1. The van der Waals surface area contributed by atoms with E-state index in [1.54, 1.807) is 0 Å². The molecule has 0 aromatic heterocycles. The van der Waals surface area contributed by atoms with E-state index in [2.05, 4.69) is 29.3 Å². The molecule has 144 valence electrons. The highest BCUT2D eigenvalue weighted by Gasteiger charge is 2.09. The number of aliphatic hydroxyl groups excluding tert-OH is 2. The van der Waals surface area contributed by atoms with E-state index in [1.165, 1.54) is 0 Å². The summed E-state index contributed by atoms with van der Waals surface area (Å²) in [7, 11) is 0. The van der Waals surface area contributed by atoms with E-state index in [1.807, 2.05) is 65.6 Å². The minimum Gasteiger partial charge on any atom is -0.395 e. The Kier molecular flexibility index (Phi) is 6.89. The minimum atomic E-state index is 0.0554. The average Bonchev–Trinajstić information content (AvgIpc) is 2.73. The van der Waals surface area contributed by atoms with Gasteiger partial charge in [-0.1, -0.05) is 36.4 Å². The Balaban J connectivity index is 1.77. The molecule has 0 aliphatic carbocycles. The molecule has 0 fully saturated rings. The summed E-state index contributed by atoms with van der Waals surface area (Å²) in [4.78, 5) is 1.98. The summed E-state index contributed by atoms with van der Waals surface area (Å²) in [6.45, 7) is 3.18. The highest BCUT2D eigenvalue weighted by atomic mass is 16.3. The maximum Gasteiger partial charge on any atom is 0.0857 e. The lowest BCUT2D eigenvalue weighted by molar-refractivity contribution is 0.281. The predicted molar refractivity (Wildman–Crippen MR) is 114 cm³/mol. The molecular weight excluding hydrogens is 350 g/mol. The number of benzene rings is 3. The van der Waals surface area contributed by atoms with Crippen LogP contribution in [0.4, 0.5) is 17.1 Å². The summed E-state index contributed by atoms with van der Waals surface area (Å²) < 4.78 is 0. The molecule has 5 heteroatoms. The molecule has 3 aromatic rings. The molecule has 3 aromatic carbocycles. The van der Waals surface area contributed by atoms with Gasteiger partial charge in [0.15, 0.2) is 0 Å². The second-order valence-corrected chi connectivity index (χ2v) is 6.52. The van der Waals surface area contributed by atoms with Crippen LogP contribution in [0.3, 0.4) is 0 Å². The summed E-state index contributed by atoms with van der Waals surface area (Å²) in [5.74, 6) is 0. The van der Waals surface area contributed by atoms with Crippen LogP contribution in [-0.2, 0) is 0 Å². The molecule has 5 nitrogen and oxygen atoms in total. The molecule has 2 N–H and O–H groups in total. The number of hydrogen-bond donors (Lipinski definition) is 2. The molecule has 0 heterocycles. The van der Waals surface area contributed by atoms with Crippen molar-refractivity contribution in [2.75, 3.05) is 31.2 Å². The Hall–Kier alpha value is -3.02. The molecule has 3 rings (SSSR count). The second-order valence-electron chi connectivity index (χ2n) is 6.52. The molecule has 0 bridgehead atoms.